The molecule has 2 rings (SSSR count). The van der Waals surface area contributed by atoms with Gasteiger partial charge < -0.3 is 10.4 Å². The molecule has 2 aromatic carbocycles. The number of benzene rings is 2. The second kappa shape index (κ2) is 6.37. The molecule has 0 aliphatic carbocycles. The molecule has 1 atom stereocenters. The van der Waals surface area contributed by atoms with E-state index in [0.717, 1.165) is 10.2 Å². The van der Waals surface area contributed by atoms with Gasteiger partial charge in [-0.2, -0.15) is 0 Å². The van der Waals surface area contributed by atoms with Gasteiger partial charge in [-0.05, 0) is 30.3 Å². The van der Waals surface area contributed by atoms with Crippen LogP contribution in [0.4, 0.5) is 10.1 Å². The normalized spacial score (nSPS) is 12.2. The lowest BCUT2D eigenvalue weighted by Crippen LogP contribution is -2.16. The first-order chi connectivity index (χ1) is 9.10. The van der Waals surface area contributed by atoms with Crippen LogP contribution >= 0.6 is 27.5 Å². The van der Waals surface area contributed by atoms with Gasteiger partial charge in [-0.3, -0.25) is 0 Å². The maximum Gasteiger partial charge on any atom is 0.130 e. The van der Waals surface area contributed by atoms with Gasteiger partial charge in [0.1, 0.15) is 5.82 Å². The van der Waals surface area contributed by atoms with E-state index in [1.165, 1.54) is 6.07 Å². The molecule has 0 fully saturated rings. The second-order valence-corrected chi connectivity index (χ2v) is 5.41. The lowest BCUT2D eigenvalue weighted by molar-refractivity contribution is 0.274. The largest absolute Gasteiger partial charge is 0.394 e. The summed E-state index contributed by atoms with van der Waals surface area (Å²) >= 11 is 9.08. The number of halogens is 3. The lowest BCUT2D eigenvalue weighted by atomic mass is 10.1. The monoisotopic (exact) mass is 343 g/mol. The zero-order chi connectivity index (χ0) is 13.8. The molecular weight excluding hydrogens is 333 g/mol. The highest BCUT2D eigenvalue weighted by atomic mass is 79.9. The molecule has 0 heterocycles. The third-order valence-electron chi connectivity index (χ3n) is 2.69. The van der Waals surface area contributed by atoms with E-state index in [1.54, 1.807) is 12.1 Å². The predicted molar refractivity (Wildman–Crippen MR) is 79.0 cm³/mol. The fraction of sp³-hybridized carbons (Fsp3) is 0.143. The summed E-state index contributed by atoms with van der Waals surface area (Å²) in [5.41, 5.74) is 1.18. The van der Waals surface area contributed by atoms with Crippen LogP contribution in [0, 0.1) is 5.82 Å². The van der Waals surface area contributed by atoms with Gasteiger partial charge in [0.05, 0.1) is 12.6 Å². The molecule has 0 saturated heterocycles. The first-order valence-corrected chi connectivity index (χ1v) is 6.85. The van der Waals surface area contributed by atoms with Crippen molar-refractivity contribution in [1.82, 2.24) is 0 Å². The third kappa shape index (κ3) is 3.69. The second-order valence-electron chi connectivity index (χ2n) is 4.06. The maximum atomic E-state index is 13.8. The number of aliphatic hydroxyl groups is 1. The molecule has 5 heteroatoms. The maximum absolute atomic E-state index is 13.8. The Kier molecular flexibility index (Phi) is 4.80. The standard InChI is InChI=1S/C14H12BrClFNO/c15-9-2-1-3-11(6-9)18-14(8-19)12-5-4-10(16)7-13(12)17/h1-7,14,18-19H,8H2. The first kappa shape index (κ1) is 14.3. The van der Waals surface area contributed by atoms with E-state index >= 15 is 0 Å². The quantitative estimate of drug-likeness (QED) is 0.862. The highest BCUT2D eigenvalue weighted by molar-refractivity contribution is 9.10. The summed E-state index contributed by atoms with van der Waals surface area (Å²) in [6, 6.07) is 11.3. The number of rotatable bonds is 4. The molecule has 2 nitrogen and oxygen atoms in total. The van der Waals surface area contributed by atoms with Gasteiger partial charge in [0, 0.05) is 20.7 Å². The number of aliphatic hydroxyl groups excluding tert-OH is 1. The number of anilines is 1. The molecule has 1 unspecified atom stereocenters. The molecule has 0 aliphatic rings. The van der Waals surface area contributed by atoms with E-state index in [2.05, 4.69) is 21.2 Å². The van der Waals surface area contributed by atoms with Crippen LogP contribution in [-0.4, -0.2) is 11.7 Å². The molecule has 0 radical (unpaired) electrons. The topological polar surface area (TPSA) is 32.3 Å². The molecule has 2 aromatic rings. The van der Waals surface area contributed by atoms with E-state index < -0.39 is 11.9 Å². The number of hydrogen-bond acceptors (Lipinski definition) is 2. The zero-order valence-electron chi connectivity index (χ0n) is 9.91. The first-order valence-electron chi connectivity index (χ1n) is 5.68. The zero-order valence-corrected chi connectivity index (χ0v) is 12.2. The van der Waals surface area contributed by atoms with Gasteiger partial charge in [-0.15, -0.1) is 0 Å². The fourth-order valence-electron chi connectivity index (χ4n) is 1.79. The van der Waals surface area contributed by atoms with E-state index in [0.29, 0.717) is 10.6 Å². The summed E-state index contributed by atoms with van der Waals surface area (Å²) in [4.78, 5) is 0. The van der Waals surface area contributed by atoms with Crippen LogP contribution in [0.25, 0.3) is 0 Å². The minimum absolute atomic E-state index is 0.217. The van der Waals surface area contributed by atoms with Gasteiger partial charge in [-0.1, -0.05) is 39.7 Å². The Morgan fingerprint density at radius 3 is 2.68 bits per heavy atom. The van der Waals surface area contributed by atoms with Crippen molar-refractivity contribution in [2.24, 2.45) is 0 Å². The van der Waals surface area contributed by atoms with E-state index in [4.69, 9.17) is 11.6 Å². The summed E-state index contributed by atoms with van der Waals surface area (Å²) in [5, 5.41) is 12.8. The van der Waals surface area contributed by atoms with Crippen molar-refractivity contribution >= 4 is 33.2 Å². The van der Waals surface area contributed by atoms with Crippen molar-refractivity contribution in [1.29, 1.82) is 0 Å². The van der Waals surface area contributed by atoms with Crippen LogP contribution in [0.5, 0.6) is 0 Å². The number of hydrogen-bond donors (Lipinski definition) is 2. The summed E-state index contributed by atoms with van der Waals surface area (Å²) in [5.74, 6) is -0.436. The molecule has 0 aliphatic heterocycles. The molecule has 0 saturated carbocycles. The van der Waals surface area contributed by atoms with Crippen LogP contribution in [-0.2, 0) is 0 Å². The molecule has 19 heavy (non-hydrogen) atoms. The van der Waals surface area contributed by atoms with Crippen LogP contribution in [0.1, 0.15) is 11.6 Å². The molecule has 0 spiro atoms. The van der Waals surface area contributed by atoms with Crippen molar-refractivity contribution in [3.05, 3.63) is 63.3 Å². The van der Waals surface area contributed by atoms with Gasteiger partial charge in [-0.25, -0.2) is 4.39 Å². The van der Waals surface area contributed by atoms with Crippen LogP contribution < -0.4 is 5.32 Å². The van der Waals surface area contributed by atoms with Crippen LogP contribution in [0.3, 0.4) is 0 Å². The Labute approximate surface area is 124 Å². The van der Waals surface area contributed by atoms with Crippen LogP contribution in [0.2, 0.25) is 5.02 Å². The van der Waals surface area contributed by atoms with Crippen molar-refractivity contribution in [3.8, 4) is 0 Å². The SMILES string of the molecule is OCC(Nc1cccc(Br)c1)c1ccc(Cl)cc1F. The minimum atomic E-state index is -0.522. The average Bonchev–Trinajstić information content (AvgIpc) is 2.37. The summed E-state index contributed by atoms with van der Waals surface area (Å²) in [6.45, 7) is -0.217. The van der Waals surface area contributed by atoms with Gasteiger partial charge in [0.15, 0.2) is 0 Å². The highest BCUT2D eigenvalue weighted by Crippen LogP contribution is 2.25. The van der Waals surface area contributed by atoms with Gasteiger partial charge >= 0.3 is 0 Å². The lowest BCUT2D eigenvalue weighted by Gasteiger charge is -2.19. The summed E-state index contributed by atoms with van der Waals surface area (Å²) in [6.07, 6.45) is 0. The fourth-order valence-corrected chi connectivity index (χ4v) is 2.34. The van der Waals surface area contributed by atoms with Crippen molar-refractivity contribution < 1.29 is 9.50 Å². The molecule has 0 bridgehead atoms. The van der Waals surface area contributed by atoms with Gasteiger partial charge in [0.25, 0.3) is 0 Å². The van der Waals surface area contributed by atoms with E-state index in [-0.39, 0.29) is 6.61 Å². The van der Waals surface area contributed by atoms with Gasteiger partial charge in [0.2, 0.25) is 0 Å². The Morgan fingerprint density at radius 2 is 2.05 bits per heavy atom. The Hall–Kier alpha value is -1.10. The Bertz CT molecular complexity index is 579. The van der Waals surface area contributed by atoms with Crippen LogP contribution in [0.15, 0.2) is 46.9 Å². The average molecular weight is 345 g/mol. The molecule has 100 valence electrons. The smallest absolute Gasteiger partial charge is 0.130 e. The molecular formula is C14H12BrClFNO. The number of nitrogens with one attached hydrogen (secondary N) is 1. The van der Waals surface area contributed by atoms with E-state index in [9.17, 15) is 9.50 Å². The predicted octanol–water partition coefficient (Wildman–Crippen LogP) is 4.39. The summed E-state index contributed by atoms with van der Waals surface area (Å²) in [7, 11) is 0. The molecule has 0 aromatic heterocycles. The van der Waals surface area contributed by atoms with Crippen molar-refractivity contribution in [2.45, 2.75) is 6.04 Å². The van der Waals surface area contributed by atoms with Crippen molar-refractivity contribution in [3.63, 3.8) is 0 Å². The van der Waals surface area contributed by atoms with Crippen molar-refractivity contribution in [2.75, 3.05) is 11.9 Å². The van der Waals surface area contributed by atoms with E-state index in [1.807, 2.05) is 24.3 Å². The minimum Gasteiger partial charge on any atom is -0.394 e. The highest BCUT2D eigenvalue weighted by Gasteiger charge is 2.15. The Morgan fingerprint density at radius 1 is 1.26 bits per heavy atom. The molecule has 0 amide bonds. The molecule has 2 N–H and O–H groups in total. The summed E-state index contributed by atoms with van der Waals surface area (Å²) < 4.78 is 14.7. The third-order valence-corrected chi connectivity index (χ3v) is 3.41. The Balaban J connectivity index is 2.25.